The van der Waals surface area contributed by atoms with E-state index in [1.807, 2.05) is 0 Å². The van der Waals surface area contributed by atoms with Gasteiger partial charge in [-0.05, 0) is 40.2 Å². The maximum atomic E-state index is 13.7. The van der Waals surface area contributed by atoms with Gasteiger partial charge in [0.1, 0.15) is 5.82 Å². The first-order valence-electron chi connectivity index (χ1n) is 5.59. The molecule has 2 aromatic carbocycles. The van der Waals surface area contributed by atoms with Crippen LogP contribution in [0.4, 0.5) is 15.8 Å². The molecule has 0 bridgehead atoms. The van der Waals surface area contributed by atoms with Gasteiger partial charge in [0.15, 0.2) is 0 Å². The second kappa shape index (κ2) is 6.19. The van der Waals surface area contributed by atoms with Gasteiger partial charge in [-0.25, -0.2) is 4.39 Å². The molecule has 0 aliphatic heterocycles. The Balaban J connectivity index is 2.24. The number of benzene rings is 2. The van der Waals surface area contributed by atoms with Gasteiger partial charge in [-0.15, -0.1) is 0 Å². The molecule has 8 heteroatoms. The molecule has 0 aromatic heterocycles. The fourth-order valence-corrected chi connectivity index (χ4v) is 2.07. The lowest BCUT2D eigenvalue weighted by Crippen LogP contribution is -2.13. The molecule has 0 heterocycles. The van der Waals surface area contributed by atoms with E-state index in [1.165, 1.54) is 0 Å². The molecule has 2 aromatic rings. The van der Waals surface area contributed by atoms with E-state index in [-0.39, 0.29) is 5.56 Å². The van der Waals surface area contributed by atoms with Crippen molar-refractivity contribution < 1.29 is 14.1 Å². The molecule has 0 aliphatic rings. The fraction of sp³-hybridized carbons (Fsp3) is 0. The van der Waals surface area contributed by atoms with Crippen molar-refractivity contribution in [2.45, 2.75) is 0 Å². The molecular weight excluding hydrogens is 367 g/mol. The number of anilines is 1. The normalized spacial score (nSPS) is 10.2. The molecule has 0 saturated heterocycles. The van der Waals surface area contributed by atoms with Gasteiger partial charge < -0.3 is 5.32 Å². The Morgan fingerprint density at radius 3 is 2.57 bits per heavy atom. The molecule has 0 fully saturated rings. The molecule has 0 unspecified atom stereocenters. The molecule has 5 nitrogen and oxygen atoms in total. The summed E-state index contributed by atoms with van der Waals surface area (Å²) in [7, 11) is 0. The summed E-state index contributed by atoms with van der Waals surface area (Å²) >= 11 is 9.02. The number of nitro groups is 1. The summed E-state index contributed by atoms with van der Waals surface area (Å²) in [6.45, 7) is 0. The number of hydrogen-bond donors (Lipinski definition) is 1. The second-order valence-electron chi connectivity index (χ2n) is 4.00. The number of carbonyl (C=O) groups is 1. The zero-order chi connectivity index (χ0) is 15.6. The van der Waals surface area contributed by atoms with Gasteiger partial charge in [0, 0.05) is 16.2 Å². The van der Waals surface area contributed by atoms with Crippen LogP contribution in [0.15, 0.2) is 40.9 Å². The average Bonchev–Trinajstić information content (AvgIpc) is 2.42. The van der Waals surface area contributed by atoms with Gasteiger partial charge in [0.2, 0.25) is 0 Å². The Bertz CT molecular complexity index is 739. The van der Waals surface area contributed by atoms with E-state index >= 15 is 0 Å². The predicted molar refractivity (Wildman–Crippen MR) is 80.2 cm³/mol. The van der Waals surface area contributed by atoms with Crippen LogP contribution in [0.3, 0.4) is 0 Å². The zero-order valence-electron chi connectivity index (χ0n) is 10.3. The molecule has 0 spiro atoms. The number of non-ortho nitro benzene ring substituents is 1. The fourth-order valence-electron chi connectivity index (χ4n) is 1.57. The first-order valence-corrected chi connectivity index (χ1v) is 6.76. The third-order valence-electron chi connectivity index (χ3n) is 2.59. The van der Waals surface area contributed by atoms with E-state index in [4.69, 9.17) is 11.6 Å². The summed E-state index contributed by atoms with van der Waals surface area (Å²) in [6.07, 6.45) is 0. The Morgan fingerprint density at radius 2 is 2.00 bits per heavy atom. The standard InChI is InChI=1S/C13H7BrClFN2O3/c14-10-5-7(1-4-11(10)15)17-13(19)9-3-2-8(18(20)21)6-12(9)16/h1-6H,(H,17,19). The number of carbonyl (C=O) groups excluding carboxylic acids is 1. The molecule has 21 heavy (non-hydrogen) atoms. The third-order valence-corrected chi connectivity index (χ3v) is 3.80. The van der Waals surface area contributed by atoms with E-state index in [0.717, 1.165) is 12.1 Å². The van der Waals surface area contributed by atoms with E-state index < -0.39 is 22.3 Å². The molecule has 0 radical (unpaired) electrons. The van der Waals surface area contributed by atoms with E-state index in [0.29, 0.717) is 21.2 Å². The summed E-state index contributed by atoms with van der Waals surface area (Å²) in [4.78, 5) is 21.7. The first-order chi connectivity index (χ1) is 9.88. The van der Waals surface area contributed by atoms with Gasteiger partial charge in [-0.2, -0.15) is 0 Å². The van der Waals surface area contributed by atoms with Crippen LogP contribution in [0, 0.1) is 15.9 Å². The minimum atomic E-state index is -0.963. The minimum Gasteiger partial charge on any atom is -0.322 e. The van der Waals surface area contributed by atoms with E-state index in [1.54, 1.807) is 18.2 Å². The summed E-state index contributed by atoms with van der Waals surface area (Å²) in [5, 5.41) is 13.5. The summed E-state index contributed by atoms with van der Waals surface area (Å²) < 4.78 is 14.3. The molecule has 108 valence electrons. The number of amides is 1. The summed E-state index contributed by atoms with van der Waals surface area (Å²) in [5.74, 6) is -1.67. The topological polar surface area (TPSA) is 72.2 Å². The molecule has 1 amide bonds. The lowest BCUT2D eigenvalue weighted by Gasteiger charge is -2.07. The quantitative estimate of drug-likeness (QED) is 0.640. The molecule has 0 saturated carbocycles. The lowest BCUT2D eigenvalue weighted by atomic mass is 10.1. The largest absolute Gasteiger partial charge is 0.322 e. The average molecular weight is 374 g/mol. The highest BCUT2D eigenvalue weighted by Gasteiger charge is 2.16. The monoisotopic (exact) mass is 372 g/mol. The molecule has 0 aliphatic carbocycles. The van der Waals surface area contributed by atoms with Crippen molar-refractivity contribution in [3.05, 3.63) is 67.4 Å². The number of nitro benzene ring substituents is 1. The maximum Gasteiger partial charge on any atom is 0.272 e. The van der Waals surface area contributed by atoms with Crippen molar-refractivity contribution in [2.24, 2.45) is 0 Å². The van der Waals surface area contributed by atoms with Crippen molar-refractivity contribution >= 4 is 44.8 Å². The van der Waals surface area contributed by atoms with Gasteiger partial charge in [-0.1, -0.05) is 11.6 Å². The number of halogens is 3. The maximum absolute atomic E-state index is 13.7. The Labute approximate surface area is 132 Å². The highest BCUT2D eigenvalue weighted by molar-refractivity contribution is 9.10. The van der Waals surface area contributed by atoms with Crippen molar-refractivity contribution in [3.63, 3.8) is 0 Å². The number of rotatable bonds is 3. The van der Waals surface area contributed by atoms with Crippen molar-refractivity contribution in [1.29, 1.82) is 0 Å². The molecule has 1 N–H and O–H groups in total. The lowest BCUT2D eigenvalue weighted by molar-refractivity contribution is -0.385. The van der Waals surface area contributed by atoms with Crippen LogP contribution in [-0.2, 0) is 0 Å². The highest BCUT2D eigenvalue weighted by Crippen LogP contribution is 2.26. The zero-order valence-corrected chi connectivity index (χ0v) is 12.6. The van der Waals surface area contributed by atoms with Gasteiger partial charge in [0.25, 0.3) is 11.6 Å². The van der Waals surface area contributed by atoms with Crippen LogP contribution in [-0.4, -0.2) is 10.8 Å². The minimum absolute atomic E-state index is 0.285. The Kier molecular flexibility index (Phi) is 4.54. The van der Waals surface area contributed by atoms with Gasteiger partial charge in [-0.3, -0.25) is 14.9 Å². The molecule has 0 atom stereocenters. The number of nitrogens with one attached hydrogen (secondary N) is 1. The van der Waals surface area contributed by atoms with Crippen LogP contribution in [0.5, 0.6) is 0 Å². The van der Waals surface area contributed by atoms with Crippen LogP contribution in [0.1, 0.15) is 10.4 Å². The van der Waals surface area contributed by atoms with Crippen molar-refractivity contribution in [2.75, 3.05) is 5.32 Å². The Hall–Kier alpha value is -1.99. The SMILES string of the molecule is O=C(Nc1ccc(Cl)c(Br)c1)c1ccc([N+](=O)[O-])cc1F. The molecular formula is C13H7BrClFN2O3. The van der Waals surface area contributed by atoms with Crippen molar-refractivity contribution in [1.82, 2.24) is 0 Å². The predicted octanol–water partition coefficient (Wildman–Crippen LogP) is 4.40. The van der Waals surface area contributed by atoms with Gasteiger partial charge >= 0.3 is 0 Å². The van der Waals surface area contributed by atoms with Crippen LogP contribution < -0.4 is 5.32 Å². The van der Waals surface area contributed by atoms with E-state index in [2.05, 4.69) is 21.2 Å². The Morgan fingerprint density at radius 1 is 1.29 bits per heavy atom. The first kappa shape index (κ1) is 15.4. The summed E-state index contributed by atoms with van der Waals surface area (Å²) in [6, 6.07) is 7.50. The third kappa shape index (κ3) is 3.56. The van der Waals surface area contributed by atoms with E-state index in [9.17, 15) is 19.3 Å². The number of nitrogens with zero attached hydrogens (tertiary/aromatic N) is 1. The summed E-state index contributed by atoms with van der Waals surface area (Å²) in [5.41, 5.74) is -0.293. The second-order valence-corrected chi connectivity index (χ2v) is 5.27. The smallest absolute Gasteiger partial charge is 0.272 e. The number of hydrogen-bond acceptors (Lipinski definition) is 3. The highest BCUT2D eigenvalue weighted by atomic mass is 79.9. The van der Waals surface area contributed by atoms with Crippen LogP contribution in [0.25, 0.3) is 0 Å². The molecule has 2 rings (SSSR count). The van der Waals surface area contributed by atoms with Gasteiger partial charge in [0.05, 0.1) is 21.6 Å². The van der Waals surface area contributed by atoms with Crippen LogP contribution in [0.2, 0.25) is 5.02 Å². The van der Waals surface area contributed by atoms with Crippen LogP contribution >= 0.6 is 27.5 Å². The van der Waals surface area contributed by atoms with Crippen molar-refractivity contribution in [3.8, 4) is 0 Å².